The lowest BCUT2D eigenvalue weighted by molar-refractivity contribution is 0.0938. The zero-order chi connectivity index (χ0) is 19.3. The summed E-state index contributed by atoms with van der Waals surface area (Å²) in [5.41, 5.74) is -0.591. The minimum absolute atomic E-state index is 0.0155. The van der Waals surface area contributed by atoms with Gasteiger partial charge in [-0.3, -0.25) is 14.4 Å². The molecule has 0 aliphatic rings. The molecular weight excluding hydrogens is 350 g/mol. The fraction of sp³-hybridized carbons (Fsp3) is 0.421. The fourth-order valence-electron chi connectivity index (χ4n) is 2.51. The van der Waals surface area contributed by atoms with Gasteiger partial charge >= 0.3 is 0 Å². The lowest BCUT2D eigenvalue weighted by atomic mass is 10.1. The molecule has 7 heteroatoms. The number of carbonyl (C=O) groups excluding carboxylic acids is 2. The molecule has 2 N–H and O–H groups in total. The molecule has 2 amide bonds. The number of pyridine rings is 1. The zero-order valence-electron chi connectivity index (χ0n) is 15.5. The van der Waals surface area contributed by atoms with Gasteiger partial charge in [0.2, 0.25) is 5.43 Å². The van der Waals surface area contributed by atoms with E-state index in [1.807, 2.05) is 24.4 Å². The van der Waals surface area contributed by atoms with E-state index in [9.17, 15) is 14.4 Å². The molecule has 6 nitrogen and oxygen atoms in total. The molecule has 0 fully saturated rings. The van der Waals surface area contributed by atoms with Crippen LogP contribution in [0.15, 0.2) is 34.7 Å². The van der Waals surface area contributed by atoms with Gasteiger partial charge in [-0.1, -0.05) is 19.9 Å². The number of hydrogen-bond acceptors (Lipinski definition) is 4. The molecule has 26 heavy (non-hydrogen) atoms. The minimum Gasteiger partial charge on any atom is -0.355 e. The maximum atomic E-state index is 12.7. The predicted molar refractivity (Wildman–Crippen MR) is 104 cm³/mol. The molecule has 1 atom stereocenters. The van der Waals surface area contributed by atoms with Gasteiger partial charge < -0.3 is 15.2 Å². The molecule has 0 aliphatic heterocycles. The standard InChI is InChI=1S/C19H25N3O3S/c1-12(2)7-8-22-10-14(18(24)20-4)17(23)15(11-22)19(25)21-13(3)16-6-5-9-26-16/h5-6,9-13H,7-8H2,1-4H3,(H,20,24)(H,21,25). The second kappa shape index (κ2) is 8.80. The number of nitrogens with one attached hydrogen (secondary N) is 2. The van der Waals surface area contributed by atoms with Crippen molar-refractivity contribution >= 4 is 23.2 Å². The number of aryl methyl sites for hydroxylation is 1. The Morgan fingerprint density at radius 1 is 1.15 bits per heavy atom. The van der Waals surface area contributed by atoms with Crippen LogP contribution in [0.2, 0.25) is 0 Å². The van der Waals surface area contributed by atoms with Crippen LogP contribution < -0.4 is 16.1 Å². The molecular formula is C19H25N3O3S. The first-order valence-corrected chi connectivity index (χ1v) is 9.51. The molecule has 2 aromatic rings. The highest BCUT2D eigenvalue weighted by molar-refractivity contribution is 7.10. The molecule has 2 heterocycles. The van der Waals surface area contributed by atoms with Gasteiger partial charge in [-0.25, -0.2) is 0 Å². The lowest BCUT2D eigenvalue weighted by Crippen LogP contribution is -2.35. The molecule has 0 spiro atoms. The van der Waals surface area contributed by atoms with Gasteiger partial charge in [-0.05, 0) is 30.7 Å². The molecule has 0 radical (unpaired) electrons. The first-order chi connectivity index (χ1) is 12.3. The van der Waals surface area contributed by atoms with Crippen LogP contribution in [0, 0.1) is 5.92 Å². The Morgan fingerprint density at radius 2 is 1.81 bits per heavy atom. The van der Waals surface area contributed by atoms with E-state index in [1.165, 1.54) is 30.8 Å². The van der Waals surface area contributed by atoms with Gasteiger partial charge in [0, 0.05) is 30.9 Å². The summed E-state index contributed by atoms with van der Waals surface area (Å²) in [6.07, 6.45) is 3.93. The van der Waals surface area contributed by atoms with Crippen LogP contribution >= 0.6 is 11.3 Å². The van der Waals surface area contributed by atoms with Crippen LogP contribution in [-0.4, -0.2) is 23.4 Å². The smallest absolute Gasteiger partial charge is 0.257 e. The first-order valence-electron chi connectivity index (χ1n) is 8.64. The zero-order valence-corrected chi connectivity index (χ0v) is 16.4. The van der Waals surface area contributed by atoms with E-state index in [0.29, 0.717) is 12.5 Å². The Hall–Kier alpha value is -2.41. The summed E-state index contributed by atoms with van der Waals surface area (Å²) in [5.74, 6) is -0.497. The number of nitrogens with zero attached hydrogens (tertiary/aromatic N) is 1. The van der Waals surface area contributed by atoms with E-state index in [0.717, 1.165) is 11.3 Å². The molecule has 0 aromatic carbocycles. The van der Waals surface area contributed by atoms with Gasteiger partial charge in [0.15, 0.2) is 0 Å². The maximum absolute atomic E-state index is 12.7. The highest BCUT2D eigenvalue weighted by Crippen LogP contribution is 2.18. The molecule has 0 aliphatic carbocycles. The van der Waals surface area contributed by atoms with Crippen LogP contribution in [0.5, 0.6) is 0 Å². The predicted octanol–water partition coefficient (Wildman–Crippen LogP) is 2.81. The van der Waals surface area contributed by atoms with E-state index in [4.69, 9.17) is 0 Å². The molecule has 0 saturated carbocycles. The Balaban J connectivity index is 2.35. The number of aromatic nitrogens is 1. The van der Waals surface area contributed by atoms with E-state index < -0.39 is 17.2 Å². The Bertz CT molecular complexity index is 825. The summed E-state index contributed by atoms with van der Waals surface area (Å²) < 4.78 is 1.75. The lowest BCUT2D eigenvalue weighted by Gasteiger charge is -2.15. The largest absolute Gasteiger partial charge is 0.355 e. The second-order valence-electron chi connectivity index (χ2n) is 6.62. The Kier molecular flexibility index (Phi) is 6.74. The quantitative estimate of drug-likeness (QED) is 0.781. The Labute approximate surface area is 157 Å². The highest BCUT2D eigenvalue weighted by Gasteiger charge is 2.20. The number of rotatable bonds is 7. The SMILES string of the molecule is CNC(=O)c1cn(CCC(C)C)cc(C(=O)NC(C)c2cccs2)c1=O. The van der Waals surface area contributed by atoms with Crippen molar-refractivity contribution in [1.82, 2.24) is 15.2 Å². The van der Waals surface area contributed by atoms with E-state index in [1.54, 1.807) is 4.57 Å². The Morgan fingerprint density at radius 3 is 2.35 bits per heavy atom. The molecule has 2 rings (SSSR count). The van der Waals surface area contributed by atoms with Crippen molar-refractivity contribution < 1.29 is 9.59 Å². The van der Waals surface area contributed by atoms with E-state index >= 15 is 0 Å². The van der Waals surface area contributed by atoms with Crippen molar-refractivity contribution in [3.63, 3.8) is 0 Å². The average Bonchev–Trinajstić information content (AvgIpc) is 3.14. The van der Waals surface area contributed by atoms with Gasteiger partial charge in [0.05, 0.1) is 6.04 Å². The van der Waals surface area contributed by atoms with Crippen molar-refractivity contribution in [3.05, 3.63) is 56.1 Å². The topological polar surface area (TPSA) is 80.2 Å². The molecule has 2 aromatic heterocycles. The molecule has 140 valence electrons. The third-order valence-electron chi connectivity index (χ3n) is 4.08. The third-order valence-corrected chi connectivity index (χ3v) is 5.13. The van der Waals surface area contributed by atoms with Gasteiger partial charge in [0.1, 0.15) is 11.1 Å². The second-order valence-corrected chi connectivity index (χ2v) is 7.60. The summed E-state index contributed by atoms with van der Waals surface area (Å²) in [6, 6.07) is 3.63. The van der Waals surface area contributed by atoms with Gasteiger partial charge in [0.25, 0.3) is 11.8 Å². The summed E-state index contributed by atoms with van der Waals surface area (Å²) >= 11 is 1.54. The van der Waals surface area contributed by atoms with Crippen LogP contribution in [0.25, 0.3) is 0 Å². The third kappa shape index (κ3) is 4.82. The van der Waals surface area contributed by atoms with Crippen LogP contribution in [-0.2, 0) is 6.54 Å². The van der Waals surface area contributed by atoms with Crippen LogP contribution in [0.1, 0.15) is 58.8 Å². The maximum Gasteiger partial charge on any atom is 0.257 e. The van der Waals surface area contributed by atoms with Crippen molar-refractivity contribution in [3.8, 4) is 0 Å². The molecule has 0 saturated heterocycles. The number of carbonyl (C=O) groups is 2. The minimum atomic E-state index is -0.555. The summed E-state index contributed by atoms with van der Waals surface area (Å²) in [7, 11) is 1.46. The number of thiophene rings is 1. The van der Waals surface area contributed by atoms with E-state index in [2.05, 4.69) is 24.5 Å². The van der Waals surface area contributed by atoms with Crippen molar-refractivity contribution in [2.75, 3.05) is 7.05 Å². The number of amides is 2. The monoisotopic (exact) mass is 375 g/mol. The van der Waals surface area contributed by atoms with Gasteiger partial charge in [-0.15, -0.1) is 11.3 Å². The molecule has 0 bridgehead atoms. The van der Waals surface area contributed by atoms with Crippen molar-refractivity contribution in [2.45, 2.75) is 39.8 Å². The fourth-order valence-corrected chi connectivity index (χ4v) is 3.24. The summed E-state index contributed by atoms with van der Waals surface area (Å²) in [5, 5.41) is 7.24. The first kappa shape index (κ1) is 19.9. The summed E-state index contributed by atoms with van der Waals surface area (Å²) in [6.45, 7) is 6.68. The van der Waals surface area contributed by atoms with Crippen molar-refractivity contribution in [1.29, 1.82) is 0 Å². The van der Waals surface area contributed by atoms with E-state index in [-0.39, 0.29) is 17.2 Å². The summed E-state index contributed by atoms with van der Waals surface area (Å²) in [4.78, 5) is 38.4. The van der Waals surface area contributed by atoms with Crippen LogP contribution in [0.4, 0.5) is 0 Å². The van der Waals surface area contributed by atoms with Crippen molar-refractivity contribution in [2.24, 2.45) is 5.92 Å². The van der Waals surface area contributed by atoms with Crippen LogP contribution in [0.3, 0.4) is 0 Å². The number of hydrogen-bond donors (Lipinski definition) is 2. The normalized spacial score (nSPS) is 12.0. The average molecular weight is 375 g/mol. The molecule has 1 unspecified atom stereocenters. The van der Waals surface area contributed by atoms with Gasteiger partial charge in [-0.2, -0.15) is 0 Å². The highest BCUT2D eigenvalue weighted by atomic mass is 32.1.